The van der Waals surface area contributed by atoms with Gasteiger partial charge in [0.1, 0.15) is 11.7 Å². The number of hydrogen-bond donors (Lipinski definition) is 4. The number of amides is 1. The second-order valence-electron chi connectivity index (χ2n) is 4.93. The zero-order chi connectivity index (χ0) is 16.7. The minimum Gasteiger partial charge on any atom is -0.404 e. The molecular formula is C17H19N5O. The fourth-order valence-electron chi connectivity index (χ4n) is 2.19. The molecule has 6 heteroatoms. The molecule has 5 N–H and O–H groups in total. The summed E-state index contributed by atoms with van der Waals surface area (Å²) in [5.41, 5.74) is 6.93. The smallest absolute Gasteiger partial charge is 0.247 e. The van der Waals surface area contributed by atoms with E-state index in [-0.39, 0.29) is 17.7 Å². The van der Waals surface area contributed by atoms with Crippen LogP contribution in [-0.4, -0.2) is 16.7 Å². The summed E-state index contributed by atoms with van der Waals surface area (Å²) in [7, 11) is 0. The van der Waals surface area contributed by atoms with Crippen molar-refractivity contribution in [1.82, 2.24) is 10.3 Å². The van der Waals surface area contributed by atoms with Crippen LogP contribution < -0.4 is 16.4 Å². The maximum absolute atomic E-state index is 11.4. The van der Waals surface area contributed by atoms with Gasteiger partial charge in [-0.05, 0) is 43.0 Å². The Morgan fingerprint density at radius 1 is 1.43 bits per heavy atom. The fraction of sp³-hybridized carbons (Fsp3) is 0.118. The topological polar surface area (TPSA) is 104 Å². The van der Waals surface area contributed by atoms with Crippen LogP contribution in [0.4, 0.5) is 5.82 Å². The maximum Gasteiger partial charge on any atom is 0.247 e. The average Bonchev–Trinajstić information content (AvgIpc) is 2.55. The van der Waals surface area contributed by atoms with Crippen LogP contribution >= 0.6 is 0 Å². The molecule has 1 aliphatic carbocycles. The quantitative estimate of drug-likeness (QED) is 0.380. The summed E-state index contributed by atoms with van der Waals surface area (Å²) in [6.45, 7) is 3.45. The molecule has 1 unspecified atom stereocenters. The third kappa shape index (κ3) is 4.67. The van der Waals surface area contributed by atoms with Crippen LogP contribution in [0.25, 0.3) is 0 Å². The molecule has 1 aliphatic rings. The third-order valence-electron chi connectivity index (χ3n) is 3.23. The summed E-state index contributed by atoms with van der Waals surface area (Å²) in [5, 5.41) is 13.3. The summed E-state index contributed by atoms with van der Waals surface area (Å²) in [6, 6.07) is 5.57. The molecule has 0 saturated heterocycles. The van der Waals surface area contributed by atoms with Crippen LogP contribution in [0.1, 0.15) is 18.0 Å². The van der Waals surface area contributed by atoms with Crippen molar-refractivity contribution >= 4 is 17.6 Å². The van der Waals surface area contributed by atoms with E-state index in [1.54, 1.807) is 6.07 Å². The molecule has 0 bridgehead atoms. The number of nitrogens with one attached hydrogen (secondary N) is 3. The SMILES string of the molecule is C=CC(=O)NC1=CC=CC(c2cccc(NC(=N)/C=C\N)n2)C1. The van der Waals surface area contributed by atoms with E-state index in [9.17, 15) is 4.79 Å². The molecule has 23 heavy (non-hydrogen) atoms. The normalized spacial score (nSPS) is 16.7. The van der Waals surface area contributed by atoms with Gasteiger partial charge in [0.15, 0.2) is 0 Å². The largest absolute Gasteiger partial charge is 0.404 e. The van der Waals surface area contributed by atoms with Crippen molar-refractivity contribution in [1.29, 1.82) is 5.41 Å². The first kappa shape index (κ1) is 16.2. The number of carbonyl (C=O) groups excluding carboxylic acids is 1. The highest BCUT2D eigenvalue weighted by molar-refractivity contribution is 6.00. The number of allylic oxidation sites excluding steroid dienone is 4. The number of pyridine rings is 1. The molecule has 118 valence electrons. The van der Waals surface area contributed by atoms with Crippen molar-refractivity contribution in [2.75, 3.05) is 5.32 Å². The zero-order valence-corrected chi connectivity index (χ0v) is 12.6. The third-order valence-corrected chi connectivity index (χ3v) is 3.23. The van der Waals surface area contributed by atoms with Gasteiger partial charge in [0, 0.05) is 11.6 Å². The van der Waals surface area contributed by atoms with Crippen molar-refractivity contribution in [3.63, 3.8) is 0 Å². The molecule has 0 radical (unpaired) electrons. The monoisotopic (exact) mass is 309 g/mol. The number of nitrogens with zero attached hydrogens (tertiary/aromatic N) is 1. The number of aromatic nitrogens is 1. The van der Waals surface area contributed by atoms with Crippen LogP contribution in [-0.2, 0) is 4.79 Å². The van der Waals surface area contributed by atoms with E-state index in [1.807, 2.05) is 30.4 Å². The van der Waals surface area contributed by atoms with Gasteiger partial charge < -0.3 is 16.4 Å². The molecule has 1 amide bonds. The van der Waals surface area contributed by atoms with Crippen molar-refractivity contribution < 1.29 is 4.79 Å². The van der Waals surface area contributed by atoms with Gasteiger partial charge in [-0.2, -0.15) is 0 Å². The molecule has 0 fully saturated rings. The molecule has 1 atom stereocenters. The fourth-order valence-corrected chi connectivity index (χ4v) is 2.19. The summed E-state index contributed by atoms with van der Waals surface area (Å²) in [5.74, 6) is 0.567. The number of rotatable bonds is 5. The molecule has 0 aromatic carbocycles. The molecule has 1 heterocycles. The lowest BCUT2D eigenvalue weighted by molar-refractivity contribution is -0.115. The Balaban J connectivity index is 2.09. The average molecular weight is 309 g/mol. The lowest BCUT2D eigenvalue weighted by Gasteiger charge is -2.19. The van der Waals surface area contributed by atoms with E-state index in [0.29, 0.717) is 12.2 Å². The predicted molar refractivity (Wildman–Crippen MR) is 91.8 cm³/mol. The molecule has 0 aliphatic heterocycles. The second-order valence-corrected chi connectivity index (χ2v) is 4.93. The van der Waals surface area contributed by atoms with E-state index < -0.39 is 0 Å². The van der Waals surface area contributed by atoms with Gasteiger partial charge in [0.2, 0.25) is 5.91 Å². The van der Waals surface area contributed by atoms with E-state index in [2.05, 4.69) is 22.2 Å². The highest BCUT2D eigenvalue weighted by atomic mass is 16.1. The lowest BCUT2D eigenvalue weighted by Crippen LogP contribution is -2.22. The summed E-state index contributed by atoms with van der Waals surface area (Å²) in [6.07, 6.45) is 10.4. The Labute approximate surface area is 135 Å². The minimum atomic E-state index is -0.226. The van der Waals surface area contributed by atoms with Crippen molar-refractivity contribution in [2.45, 2.75) is 12.3 Å². The molecule has 1 aromatic rings. The molecule has 1 aromatic heterocycles. The van der Waals surface area contributed by atoms with Crippen molar-refractivity contribution in [3.8, 4) is 0 Å². The number of nitrogens with two attached hydrogens (primary N) is 1. The first-order valence-corrected chi connectivity index (χ1v) is 7.14. The summed E-state index contributed by atoms with van der Waals surface area (Å²) < 4.78 is 0. The van der Waals surface area contributed by atoms with Crippen molar-refractivity contribution in [3.05, 3.63) is 72.7 Å². The first-order chi connectivity index (χ1) is 11.1. The van der Waals surface area contributed by atoms with Gasteiger partial charge in [-0.15, -0.1) is 0 Å². The van der Waals surface area contributed by atoms with E-state index in [1.165, 1.54) is 18.4 Å². The number of hydrogen-bond acceptors (Lipinski definition) is 4. The zero-order valence-electron chi connectivity index (χ0n) is 12.6. The Morgan fingerprint density at radius 2 is 2.26 bits per heavy atom. The molecule has 2 rings (SSSR count). The van der Waals surface area contributed by atoms with E-state index in [4.69, 9.17) is 11.1 Å². The van der Waals surface area contributed by atoms with Crippen LogP contribution in [0.15, 0.2) is 67.1 Å². The Hall–Kier alpha value is -3.15. The maximum atomic E-state index is 11.4. The molecule has 0 saturated carbocycles. The number of anilines is 1. The number of carbonyl (C=O) groups is 1. The van der Waals surface area contributed by atoms with Gasteiger partial charge in [-0.1, -0.05) is 24.8 Å². The minimum absolute atomic E-state index is 0.0566. The number of amidine groups is 1. The highest BCUT2D eigenvalue weighted by Gasteiger charge is 2.16. The highest BCUT2D eigenvalue weighted by Crippen LogP contribution is 2.26. The van der Waals surface area contributed by atoms with Gasteiger partial charge in [-0.3, -0.25) is 10.2 Å². The first-order valence-electron chi connectivity index (χ1n) is 7.14. The Bertz CT molecular complexity index is 703. The molecule has 0 spiro atoms. The molecule has 6 nitrogen and oxygen atoms in total. The standard InChI is InChI=1S/C17H19N5O/c1-2-17(23)20-13-6-3-5-12(11-13)14-7-4-8-16(21-14)22-15(19)9-10-18/h2-10,12H,1,11,18H2,(H,20,23)(H2,19,21,22)/b10-9-. The van der Waals surface area contributed by atoms with Crippen LogP contribution in [0.2, 0.25) is 0 Å². The van der Waals surface area contributed by atoms with Crippen LogP contribution in [0.3, 0.4) is 0 Å². The molecular weight excluding hydrogens is 290 g/mol. The van der Waals surface area contributed by atoms with Crippen molar-refractivity contribution in [2.24, 2.45) is 5.73 Å². The van der Waals surface area contributed by atoms with Gasteiger partial charge >= 0.3 is 0 Å². The Morgan fingerprint density at radius 3 is 3.00 bits per heavy atom. The second kappa shape index (κ2) is 7.74. The van der Waals surface area contributed by atoms with Gasteiger partial charge in [0.05, 0.1) is 5.69 Å². The van der Waals surface area contributed by atoms with Crippen LogP contribution in [0.5, 0.6) is 0 Å². The summed E-state index contributed by atoms with van der Waals surface area (Å²) in [4.78, 5) is 15.9. The summed E-state index contributed by atoms with van der Waals surface area (Å²) >= 11 is 0. The van der Waals surface area contributed by atoms with E-state index in [0.717, 1.165) is 11.4 Å². The van der Waals surface area contributed by atoms with Gasteiger partial charge in [-0.25, -0.2) is 4.98 Å². The lowest BCUT2D eigenvalue weighted by atomic mass is 9.94. The predicted octanol–water partition coefficient (Wildman–Crippen LogP) is 2.17. The van der Waals surface area contributed by atoms with Gasteiger partial charge in [0.25, 0.3) is 0 Å². The van der Waals surface area contributed by atoms with Crippen LogP contribution in [0, 0.1) is 5.41 Å². The Kier molecular flexibility index (Phi) is 5.46. The van der Waals surface area contributed by atoms with E-state index >= 15 is 0 Å².